The molecule has 10 heteroatoms. The van der Waals surface area contributed by atoms with Crippen LogP contribution >= 0.6 is 0 Å². The number of methoxy groups -OCH3 is 1. The molecule has 1 fully saturated rings. The number of alkyl halides is 3. The number of halogens is 3. The van der Waals surface area contributed by atoms with Gasteiger partial charge in [0.05, 0.1) is 12.7 Å². The van der Waals surface area contributed by atoms with Gasteiger partial charge in [0, 0.05) is 42.2 Å². The number of aromatic nitrogens is 1. The number of hydrogen-bond donors (Lipinski definition) is 2. The summed E-state index contributed by atoms with van der Waals surface area (Å²) in [5, 5.41) is 5.05. The Balaban J connectivity index is 1.76. The summed E-state index contributed by atoms with van der Waals surface area (Å²) in [7, 11) is 1.38. The van der Waals surface area contributed by atoms with Crippen LogP contribution in [-0.2, 0) is 6.18 Å². The summed E-state index contributed by atoms with van der Waals surface area (Å²) in [5.74, 6) is -1.10. The Hall–Kier alpha value is -3.14. The van der Waals surface area contributed by atoms with Gasteiger partial charge in [-0.15, -0.1) is 0 Å². The molecule has 3 rings (SSSR count). The van der Waals surface area contributed by atoms with Crippen LogP contribution in [-0.4, -0.2) is 55.0 Å². The van der Waals surface area contributed by atoms with Crippen LogP contribution < -0.4 is 15.4 Å². The van der Waals surface area contributed by atoms with Crippen molar-refractivity contribution < 1.29 is 27.5 Å². The molecule has 0 saturated carbocycles. The number of amides is 2. The number of carbonyl (C=O) groups is 2. The maximum Gasteiger partial charge on any atom is 0.416 e. The predicted octanol–water partition coefficient (Wildman–Crippen LogP) is 3.19. The summed E-state index contributed by atoms with van der Waals surface area (Å²) in [6, 6.07) is 5.54. The lowest BCUT2D eigenvalue weighted by Crippen LogP contribution is -2.33. The van der Waals surface area contributed by atoms with Gasteiger partial charge in [0.2, 0.25) is 5.88 Å². The first-order chi connectivity index (χ1) is 14.8. The van der Waals surface area contributed by atoms with Crippen LogP contribution in [0.4, 0.5) is 18.9 Å². The van der Waals surface area contributed by atoms with Crippen molar-refractivity contribution in [3.63, 3.8) is 0 Å². The van der Waals surface area contributed by atoms with E-state index >= 15 is 0 Å². The fraction of sp³-hybridized carbons (Fsp3) is 0.381. The molecule has 0 unspecified atom stereocenters. The van der Waals surface area contributed by atoms with Crippen LogP contribution in [0, 0.1) is 0 Å². The van der Waals surface area contributed by atoms with Gasteiger partial charge in [-0.3, -0.25) is 9.59 Å². The van der Waals surface area contributed by atoms with Crippen LogP contribution in [0.15, 0.2) is 36.5 Å². The zero-order valence-electron chi connectivity index (χ0n) is 17.0. The smallest absolute Gasteiger partial charge is 0.416 e. The Bertz CT molecular complexity index is 944. The second-order valence-electron chi connectivity index (χ2n) is 7.14. The average Bonchev–Trinajstić information content (AvgIpc) is 3.26. The van der Waals surface area contributed by atoms with E-state index in [9.17, 15) is 22.8 Å². The zero-order valence-corrected chi connectivity index (χ0v) is 17.0. The quantitative estimate of drug-likeness (QED) is 0.697. The first-order valence-electron chi connectivity index (χ1n) is 9.80. The molecular weight excluding hydrogens is 413 g/mol. The van der Waals surface area contributed by atoms with Crippen molar-refractivity contribution in [3.8, 4) is 5.88 Å². The fourth-order valence-corrected chi connectivity index (χ4v) is 3.30. The number of carbonyl (C=O) groups excluding carboxylic acids is 2. The molecule has 2 N–H and O–H groups in total. The summed E-state index contributed by atoms with van der Waals surface area (Å²) < 4.78 is 45.0. The molecule has 0 bridgehead atoms. The van der Waals surface area contributed by atoms with Crippen LogP contribution in [0.5, 0.6) is 5.88 Å². The number of hydrogen-bond acceptors (Lipinski definition) is 5. The number of ether oxygens (including phenoxy) is 1. The number of likely N-dealkylation sites (tertiary alicyclic amines) is 1. The maximum absolute atomic E-state index is 13.4. The van der Waals surface area contributed by atoms with Gasteiger partial charge >= 0.3 is 6.18 Å². The Labute approximate surface area is 177 Å². The molecule has 1 aromatic heterocycles. The normalized spacial score (nSPS) is 14.3. The Kier molecular flexibility index (Phi) is 7.11. The van der Waals surface area contributed by atoms with Gasteiger partial charge in [-0.05, 0) is 50.2 Å². The van der Waals surface area contributed by atoms with E-state index in [0.29, 0.717) is 13.1 Å². The number of nitrogens with zero attached hydrogens (tertiary/aromatic N) is 2. The van der Waals surface area contributed by atoms with Crippen molar-refractivity contribution in [2.75, 3.05) is 38.6 Å². The van der Waals surface area contributed by atoms with Crippen molar-refractivity contribution in [1.29, 1.82) is 0 Å². The minimum absolute atomic E-state index is 0.139. The Morgan fingerprint density at radius 2 is 1.84 bits per heavy atom. The van der Waals surface area contributed by atoms with Crippen molar-refractivity contribution in [2.45, 2.75) is 19.0 Å². The minimum atomic E-state index is -4.68. The van der Waals surface area contributed by atoms with Crippen molar-refractivity contribution >= 4 is 17.5 Å². The van der Waals surface area contributed by atoms with Gasteiger partial charge in [-0.2, -0.15) is 13.2 Å². The minimum Gasteiger partial charge on any atom is -0.481 e. The van der Waals surface area contributed by atoms with E-state index < -0.39 is 23.6 Å². The van der Waals surface area contributed by atoms with E-state index in [4.69, 9.17) is 4.74 Å². The molecule has 0 atom stereocenters. The monoisotopic (exact) mass is 436 g/mol. The Morgan fingerprint density at radius 1 is 1.10 bits per heavy atom. The molecule has 1 aromatic carbocycles. The molecule has 1 aliphatic heterocycles. The number of pyridine rings is 1. The first-order valence-corrected chi connectivity index (χ1v) is 9.80. The third-order valence-corrected chi connectivity index (χ3v) is 4.90. The number of benzene rings is 1. The van der Waals surface area contributed by atoms with E-state index in [2.05, 4.69) is 20.5 Å². The van der Waals surface area contributed by atoms with Gasteiger partial charge in [-0.1, -0.05) is 0 Å². The fourth-order valence-electron chi connectivity index (χ4n) is 3.30. The lowest BCUT2D eigenvalue weighted by atomic mass is 10.1. The molecule has 2 aromatic rings. The van der Waals surface area contributed by atoms with Crippen molar-refractivity contribution in [3.05, 3.63) is 53.2 Å². The molecular formula is C21H23F3N4O3. The molecule has 0 spiro atoms. The highest BCUT2D eigenvalue weighted by molar-refractivity contribution is 6.05. The van der Waals surface area contributed by atoms with E-state index in [1.54, 1.807) is 0 Å². The average molecular weight is 436 g/mol. The van der Waals surface area contributed by atoms with Crippen LogP contribution in [0.2, 0.25) is 0 Å². The summed E-state index contributed by atoms with van der Waals surface area (Å²) in [4.78, 5) is 31.0. The van der Waals surface area contributed by atoms with E-state index in [1.165, 1.54) is 31.5 Å². The topological polar surface area (TPSA) is 83.6 Å². The van der Waals surface area contributed by atoms with E-state index in [1.807, 2.05) is 0 Å². The number of nitrogens with one attached hydrogen (secondary N) is 2. The van der Waals surface area contributed by atoms with Gasteiger partial charge < -0.3 is 20.3 Å². The molecule has 0 aliphatic carbocycles. The zero-order chi connectivity index (χ0) is 22.4. The highest BCUT2D eigenvalue weighted by atomic mass is 19.4. The SMILES string of the molecule is COc1cc(C(=O)Nc2cc(C(=O)NCCN3CCCC3)cc(C(F)(F)F)c2)ccn1. The standard InChI is InChI=1S/C21H23F3N4O3/c1-31-18-12-14(4-5-25-18)20(30)27-17-11-15(10-16(13-17)21(22,23)24)19(29)26-6-9-28-7-2-3-8-28/h4-5,10-13H,2-3,6-9H2,1H3,(H,26,29)(H,27,30). The molecule has 0 radical (unpaired) electrons. The lowest BCUT2D eigenvalue weighted by Gasteiger charge is -2.16. The highest BCUT2D eigenvalue weighted by Crippen LogP contribution is 2.32. The van der Waals surface area contributed by atoms with Crippen LogP contribution in [0.25, 0.3) is 0 Å². The first kappa shape index (κ1) is 22.5. The summed E-state index contributed by atoms with van der Waals surface area (Å²) in [6.07, 6.45) is -1.12. The molecule has 2 amide bonds. The Morgan fingerprint density at radius 3 is 2.52 bits per heavy atom. The third-order valence-electron chi connectivity index (χ3n) is 4.90. The summed E-state index contributed by atoms with van der Waals surface area (Å²) in [6.45, 7) is 2.87. The predicted molar refractivity (Wildman–Crippen MR) is 108 cm³/mol. The number of rotatable bonds is 7. The van der Waals surface area contributed by atoms with Gasteiger partial charge in [-0.25, -0.2) is 4.98 Å². The van der Waals surface area contributed by atoms with Crippen molar-refractivity contribution in [1.82, 2.24) is 15.2 Å². The summed E-state index contributed by atoms with van der Waals surface area (Å²) in [5.41, 5.74) is -1.19. The van der Waals surface area contributed by atoms with E-state index in [0.717, 1.165) is 38.1 Å². The summed E-state index contributed by atoms with van der Waals surface area (Å²) >= 11 is 0. The largest absolute Gasteiger partial charge is 0.481 e. The molecule has 1 aliphatic rings. The molecule has 31 heavy (non-hydrogen) atoms. The third kappa shape index (κ3) is 6.17. The van der Waals surface area contributed by atoms with Gasteiger partial charge in [0.1, 0.15) is 0 Å². The maximum atomic E-state index is 13.4. The van der Waals surface area contributed by atoms with Crippen molar-refractivity contribution in [2.24, 2.45) is 0 Å². The second kappa shape index (κ2) is 9.78. The van der Waals surface area contributed by atoms with Crippen LogP contribution in [0.1, 0.15) is 39.1 Å². The van der Waals surface area contributed by atoms with Crippen LogP contribution in [0.3, 0.4) is 0 Å². The van der Waals surface area contributed by atoms with Gasteiger partial charge in [0.15, 0.2) is 0 Å². The molecule has 7 nitrogen and oxygen atoms in total. The number of anilines is 1. The molecule has 2 heterocycles. The lowest BCUT2D eigenvalue weighted by molar-refractivity contribution is -0.137. The molecule has 1 saturated heterocycles. The highest BCUT2D eigenvalue weighted by Gasteiger charge is 2.32. The van der Waals surface area contributed by atoms with E-state index in [-0.39, 0.29) is 22.7 Å². The second-order valence-corrected chi connectivity index (χ2v) is 7.14. The van der Waals surface area contributed by atoms with Gasteiger partial charge in [0.25, 0.3) is 11.8 Å². The molecule has 166 valence electrons.